The monoisotopic (exact) mass is 374 g/mol. The number of carbonyl (C=O) groups excluding carboxylic acids is 1. The second-order valence-electron chi connectivity index (χ2n) is 5.80. The molecule has 0 aliphatic carbocycles. The van der Waals surface area contributed by atoms with Crippen molar-refractivity contribution in [2.24, 2.45) is 0 Å². The lowest BCUT2D eigenvalue weighted by Gasteiger charge is -2.18. The maximum atomic E-state index is 12.4. The Bertz CT molecular complexity index is 770. The maximum absolute atomic E-state index is 12.4. The van der Waals surface area contributed by atoms with E-state index in [2.05, 4.69) is 22.5 Å². The molecule has 1 aromatic rings. The van der Waals surface area contributed by atoms with Crippen LogP contribution in [0.25, 0.3) is 6.08 Å². The van der Waals surface area contributed by atoms with Crippen molar-refractivity contribution in [3.63, 3.8) is 0 Å². The van der Waals surface area contributed by atoms with Crippen molar-refractivity contribution in [2.75, 3.05) is 24.5 Å². The summed E-state index contributed by atoms with van der Waals surface area (Å²) in [6.45, 7) is 5.71. The highest BCUT2D eigenvalue weighted by Gasteiger charge is 2.32. The molecule has 1 aromatic heterocycles. The van der Waals surface area contributed by atoms with Gasteiger partial charge in [0.2, 0.25) is 17.5 Å². The van der Waals surface area contributed by atoms with Crippen LogP contribution in [0.2, 0.25) is 0 Å². The lowest BCUT2D eigenvalue weighted by Crippen LogP contribution is -2.27. The minimum Gasteiger partial charge on any atom is -0.420 e. The average Bonchev–Trinajstić information content (AvgIpc) is 2.98. The van der Waals surface area contributed by atoms with E-state index >= 15 is 0 Å². The molecule has 0 bridgehead atoms. The third kappa shape index (κ3) is 3.78. The van der Waals surface area contributed by atoms with Crippen LogP contribution in [0.5, 0.6) is 0 Å². The number of nitrogens with zero attached hydrogens (tertiary/aromatic N) is 4. The number of hydrogen-bond donors (Lipinski definition) is 0. The van der Waals surface area contributed by atoms with Gasteiger partial charge in [0.05, 0.1) is 4.91 Å². The average molecular weight is 374 g/mol. The molecule has 0 aromatic carbocycles. The minimum absolute atomic E-state index is 0.192. The summed E-state index contributed by atoms with van der Waals surface area (Å²) in [6, 6.07) is 2.09. The van der Waals surface area contributed by atoms with Gasteiger partial charge in [0.1, 0.15) is 10.4 Å². The molecule has 0 radical (unpaired) electrons. The lowest BCUT2D eigenvalue weighted by molar-refractivity contribution is -0.121. The maximum Gasteiger partial charge on any atom is 0.266 e. The molecule has 1 amide bonds. The Hall–Kier alpha value is -2.11. The van der Waals surface area contributed by atoms with E-state index in [4.69, 9.17) is 16.6 Å². The zero-order valence-electron chi connectivity index (χ0n) is 13.7. The highest BCUT2D eigenvalue weighted by Crippen LogP contribution is 2.33. The molecule has 25 heavy (non-hydrogen) atoms. The van der Waals surface area contributed by atoms with Crippen LogP contribution in [0, 0.1) is 11.3 Å². The molecule has 130 valence electrons. The van der Waals surface area contributed by atoms with Crippen molar-refractivity contribution in [3.8, 4) is 6.07 Å². The predicted octanol–water partition coefficient (Wildman–Crippen LogP) is 3.31. The van der Waals surface area contributed by atoms with Crippen LogP contribution in [0.15, 0.2) is 22.0 Å². The molecule has 3 heterocycles. The predicted molar refractivity (Wildman–Crippen MR) is 102 cm³/mol. The normalized spacial score (nSPS) is 20.0. The first-order valence-corrected chi connectivity index (χ1v) is 9.38. The summed E-state index contributed by atoms with van der Waals surface area (Å²) in [6.07, 6.45) is 7.70. The molecular weight excluding hydrogens is 356 g/mol. The second-order valence-corrected chi connectivity index (χ2v) is 7.48. The van der Waals surface area contributed by atoms with Crippen LogP contribution < -0.4 is 4.90 Å². The molecule has 6 nitrogen and oxygen atoms in total. The standard InChI is InChI=1S/C17H18N4O2S2/c1-2-7-21-15(22)13(25-17(21)24)10-14-19-12(11-18)16(23-14)20-8-5-3-4-6-9-20/h2,10H,1,3-9H2/b13-10+. The molecule has 3 rings (SSSR count). The van der Waals surface area contributed by atoms with Crippen molar-refractivity contribution in [1.29, 1.82) is 5.26 Å². The Morgan fingerprint density at radius 3 is 2.72 bits per heavy atom. The smallest absolute Gasteiger partial charge is 0.266 e. The lowest BCUT2D eigenvalue weighted by atomic mass is 10.2. The molecule has 2 aliphatic heterocycles. The van der Waals surface area contributed by atoms with E-state index < -0.39 is 0 Å². The van der Waals surface area contributed by atoms with Gasteiger partial charge in [-0.25, -0.2) is 0 Å². The van der Waals surface area contributed by atoms with Crippen LogP contribution in [-0.4, -0.2) is 39.7 Å². The Balaban J connectivity index is 1.86. The molecule has 0 N–H and O–H groups in total. The van der Waals surface area contributed by atoms with Crippen molar-refractivity contribution in [1.82, 2.24) is 9.88 Å². The van der Waals surface area contributed by atoms with E-state index in [0.717, 1.165) is 25.9 Å². The van der Waals surface area contributed by atoms with Gasteiger partial charge in [0.25, 0.3) is 5.91 Å². The van der Waals surface area contributed by atoms with E-state index in [1.54, 1.807) is 12.2 Å². The van der Waals surface area contributed by atoms with Crippen molar-refractivity contribution in [3.05, 3.63) is 29.1 Å². The van der Waals surface area contributed by atoms with Crippen molar-refractivity contribution < 1.29 is 9.21 Å². The van der Waals surface area contributed by atoms with Gasteiger partial charge < -0.3 is 9.32 Å². The number of nitriles is 1. The van der Waals surface area contributed by atoms with Crippen LogP contribution in [0.1, 0.15) is 37.3 Å². The Labute approximate surface area is 156 Å². The number of rotatable bonds is 4. The molecule has 2 fully saturated rings. The summed E-state index contributed by atoms with van der Waals surface area (Å²) in [7, 11) is 0. The first-order chi connectivity index (χ1) is 12.1. The molecular formula is C17H18N4O2S2. The summed E-state index contributed by atoms with van der Waals surface area (Å²) in [4.78, 5) is 20.6. The molecule has 8 heteroatoms. The van der Waals surface area contributed by atoms with E-state index in [-0.39, 0.29) is 17.5 Å². The van der Waals surface area contributed by atoms with Gasteiger partial charge in [-0.3, -0.25) is 9.69 Å². The van der Waals surface area contributed by atoms with Gasteiger partial charge >= 0.3 is 0 Å². The molecule has 0 unspecified atom stereocenters. The summed E-state index contributed by atoms with van der Waals surface area (Å²) in [5, 5.41) is 9.37. The van der Waals surface area contributed by atoms with Gasteiger partial charge in [-0.1, -0.05) is 42.9 Å². The number of carbonyl (C=O) groups is 1. The number of thiocarbonyl (C=S) groups is 1. The van der Waals surface area contributed by atoms with Crippen molar-refractivity contribution in [2.45, 2.75) is 25.7 Å². The fraction of sp³-hybridized carbons (Fsp3) is 0.412. The van der Waals surface area contributed by atoms with E-state index in [1.807, 2.05) is 0 Å². The SMILES string of the molecule is C=CCN1C(=O)/C(=C\c2nc(C#N)c(N3CCCCCC3)o2)SC1=S. The first kappa shape index (κ1) is 17.7. The highest BCUT2D eigenvalue weighted by atomic mass is 32.2. The molecule has 0 atom stereocenters. The van der Waals surface area contributed by atoms with Crippen LogP contribution in [0.4, 0.5) is 5.88 Å². The van der Waals surface area contributed by atoms with Gasteiger partial charge in [0.15, 0.2) is 0 Å². The largest absolute Gasteiger partial charge is 0.420 e. The van der Waals surface area contributed by atoms with E-state index in [9.17, 15) is 10.1 Å². The number of thioether (sulfide) groups is 1. The van der Waals surface area contributed by atoms with Crippen molar-refractivity contribution >= 4 is 46.2 Å². The number of amides is 1. The van der Waals surface area contributed by atoms with Crippen LogP contribution >= 0.6 is 24.0 Å². The van der Waals surface area contributed by atoms with Gasteiger partial charge in [-0.15, -0.1) is 6.58 Å². The van der Waals surface area contributed by atoms with E-state index in [1.165, 1.54) is 29.5 Å². The third-order valence-electron chi connectivity index (χ3n) is 4.06. The molecule has 0 spiro atoms. The highest BCUT2D eigenvalue weighted by molar-refractivity contribution is 8.26. The molecule has 0 saturated carbocycles. The van der Waals surface area contributed by atoms with Gasteiger partial charge in [-0.2, -0.15) is 10.2 Å². The van der Waals surface area contributed by atoms with Crippen LogP contribution in [-0.2, 0) is 4.79 Å². The van der Waals surface area contributed by atoms with E-state index in [0.29, 0.717) is 21.7 Å². The zero-order valence-corrected chi connectivity index (χ0v) is 15.4. The third-order valence-corrected chi connectivity index (χ3v) is 5.44. The quantitative estimate of drug-likeness (QED) is 0.455. The number of hydrogen-bond acceptors (Lipinski definition) is 7. The topological polar surface area (TPSA) is 73.4 Å². The molecule has 2 saturated heterocycles. The fourth-order valence-electron chi connectivity index (χ4n) is 2.85. The summed E-state index contributed by atoms with van der Waals surface area (Å²) < 4.78 is 6.29. The van der Waals surface area contributed by atoms with Gasteiger partial charge in [0, 0.05) is 25.7 Å². The van der Waals surface area contributed by atoms with Gasteiger partial charge in [-0.05, 0) is 12.8 Å². The summed E-state index contributed by atoms with van der Waals surface area (Å²) in [5.74, 6) is 0.565. The number of aromatic nitrogens is 1. The summed E-state index contributed by atoms with van der Waals surface area (Å²) in [5.41, 5.74) is 0.259. The Morgan fingerprint density at radius 1 is 1.36 bits per heavy atom. The zero-order chi connectivity index (χ0) is 17.8. The summed E-state index contributed by atoms with van der Waals surface area (Å²) >= 11 is 6.42. The number of anilines is 1. The fourth-order valence-corrected chi connectivity index (χ4v) is 4.09. The minimum atomic E-state index is -0.192. The first-order valence-electron chi connectivity index (χ1n) is 8.16. The number of oxazole rings is 1. The Morgan fingerprint density at radius 2 is 2.08 bits per heavy atom. The molecule has 2 aliphatic rings. The van der Waals surface area contributed by atoms with Crippen LogP contribution in [0.3, 0.4) is 0 Å². The second kappa shape index (κ2) is 7.85. The Kier molecular flexibility index (Phi) is 5.56.